The van der Waals surface area contributed by atoms with Crippen molar-refractivity contribution in [3.63, 3.8) is 0 Å². The highest BCUT2D eigenvalue weighted by Crippen LogP contribution is 2.30. The van der Waals surface area contributed by atoms with Gasteiger partial charge in [0.15, 0.2) is 11.6 Å². The molecule has 7 heteroatoms. The van der Waals surface area contributed by atoms with Crippen LogP contribution in [-0.4, -0.2) is 38.0 Å². The summed E-state index contributed by atoms with van der Waals surface area (Å²) >= 11 is 1.61. The van der Waals surface area contributed by atoms with E-state index in [0.29, 0.717) is 6.42 Å². The van der Waals surface area contributed by atoms with E-state index in [1.165, 1.54) is 0 Å². The monoisotopic (exact) mass is 327 g/mol. The largest absolute Gasteiger partial charge is 0.396 e. The first-order valence-electron chi connectivity index (χ1n) is 7.65. The third kappa shape index (κ3) is 2.67. The molecule has 3 aromatic rings. The number of aliphatic hydroxyl groups is 1. The lowest BCUT2D eigenvalue weighted by atomic mass is 10.1. The summed E-state index contributed by atoms with van der Waals surface area (Å²) in [5.74, 6) is 1.69. The lowest BCUT2D eigenvalue weighted by Gasteiger charge is -2.24. The van der Waals surface area contributed by atoms with Crippen LogP contribution in [0.25, 0.3) is 22.1 Å². The number of aromatic nitrogens is 4. The molecule has 0 amide bonds. The maximum absolute atomic E-state index is 9.19. The summed E-state index contributed by atoms with van der Waals surface area (Å²) < 4.78 is 2.11. The summed E-state index contributed by atoms with van der Waals surface area (Å²) in [6.07, 6.45) is 0.643. The van der Waals surface area contributed by atoms with Crippen LogP contribution in [0.5, 0.6) is 0 Å². The van der Waals surface area contributed by atoms with Gasteiger partial charge < -0.3 is 15.0 Å². The Morgan fingerprint density at radius 3 is 2.96 bits per heavy atom. The smallest absolute Gasteiger partial charge is 0.183 e. The molecule has 3 heterocycles. The van der Waals surface area contributed by atoms with Crippen LogP contribution in [0.15, 0.2) is 35.7 Å². The van der Waals surface area contributed by atoms with Gasteiger partial charge in [0.05, 0.1) is 6.04 Å². The number of nitrogens with one attached hydrogen (secondary N) is 1. The minimum atomic E-state index is 0.0576. The number of benzene rings is 1. The van der Waals surface area contributed by atoms with E-state index in [1.54, 1.807) is 11.3 Å². The summed E-state index contributed by atoms with van der Waals surface area (Å²) in [7, 11) is 0. The molecular weight excluding hydrogens is 310 g/mol. The van der Waals surface area contributed by atoms with Crippen molar-refractivity contribution in [3.05, 3.63) is 41.5 Å². The van der Waals surface area contributed by atoms with Gasteiger partial charge in [-0.1, -0.05) is 30.3 Å². The van der Waals surface area contributed by atoms with Crippen LogP contribution in [0.1, 0.15) is 18.3 Å². The lowest BCUT2D eigenvalue weighted by Crippen LogP contribution is -2.34. The van der Waals surface area contributed by atoms with Gasteiger partial charge in [-0.2, -0.15) is 0 Å². The van der Waals surface area contributed by atoms with E-state index in [1.807, 2.05) is 23.6 Å². The average Bonchev–Trinajstić information content (AvgIpc) is 3.23. The third-order valence-electron chi connectivity index (χ3n) is 3.99. The predicted molar refractivity (Wildman–Crippen MR) is 89.0 cm³/mol. The molecular formula is C16H17N5OS. The number of rotatable bonds is 4. The molecule has 1 aliphatic rings. The number of thiazole rings is 1. The summed E-state index contributed by atoms with van der Waals surface area (Å²) in [6, 6.07) is 10.2. The molecule has 6 nitrogen and oxygen atoms in total. The van der Waals surface area contributed by atoms with E-state index in [4.69, 9.17) is 4.98 Å². The van der Waals surface area contributed by atoms with Gasteiger partial charge in [-0.15, -0.1) is 21.5 Å². The Morgan fingerprint density at radius 1 is 1.26 bits per heavy atom. The lowest BCUT2D eigenvalue weighted by molar-refractivity contribution is 0.253. The Kier molecular flexibility index (Phi) is 3.90. The van der Waals surface area contributed by atoms with Crippen molar-refractivity contribution in [3.8, 4) is 22.1 Å². The van der Waals surface area contributed by atoms with Crippen molar-refractivity contribution < 1.29 is 5.11 Å². The van der Waals surface area contributed by atoms with Gasteiger partial charge in [0.2, 0.25) is 0 Å². The molecule has 0 spiro atoms. The van der Waals surface area contributed by atoms with Crippen molar-refractivity contribution in [1.82, 2.24) is 25.1 Å². The first-order chi connectivity index (χ1) is 11.4. The number of hydrogen-bond donors (Lipinski definition) is 2. The van der Waals surface area contributed by atoms with Crippen LogP contribution in [-0.2, 0) is 6.54 Å². The maximum atomic E-state index is 9.19. The molecule has 0 saturated carbocycles. The van der Waals surface area contributed by atoms with Crippen molar-refractivity contribution in [2.75, 3.05) is 13.2 Å². The van der Waals surface area contributed by atoms with Crippen molar-refractivity contribution in [1.29, 1.82) is 0 Å². The number of aliphatic hydroxyl groups excluding tert-OH is 1. The molecule has 0 radical (unpaired) electrons. The van der Waals surface area contributed by atoms with Crippen molar-refractivity contribution in [2.24, 2.45) is 0 Å². The molecule has 1 unspecified atom stereocenters. The van der Waals surface area contributed by atoms with Crippen LogP contribution in [0.4, 0.5) is 0 Å². The normalized spacial score (nSPS) is 17.2. The predicted octanol–water partition coefficient (Wildman–Crippen LogP) is 2.10. The molecule has 118 valence electrons. The highest BCUT2D eigenvalue weighted by molar-refractivity contribution is 7.13. The highest BCUT2D eigenvalue weighted by Gasteiger charge is 2.25. The third-order valence-corrected chi connectivity index (χ3v) is 4.88. The summed E-state index contributed by atoms with van der Waals surface area (Å²) in [5, 5.41) is 24.2. The molecule has 1 atom stereocenters. The Balaban J connectivity index is 1.69. The number of nitrogens with zero attached hydrogens (tertiary/aromatic N) is 4. The molecule has 2 aromatic heterocycles. The van der Waals surface area contributed by atoms with Crippen molar-refractivity contribution in [2.45, 2.75) is 19.0 Å². The van der Waals surface area contributed by atoms with Gasteiger partial charge in [-0.05, 0) is 6.42 Å². The van der Waals surface area contributed by atoms with Crippen LogP contribution in [0.2, 0.25) is 0 Å². The standard InChI is InChI=1S/C16H17N5OS/c22-9-6-12-14-19-20-15(21(14)8-7-17-12)13-10-23-16(18-13)11-4-2-1-3-5-11/h1-5,10,12,17,22H,6-9H2. The van der Waals surface area contributed by atoms with Gasteiger partial charge in [-0.25, -0.2) is 4.98 Å². The summed E-state index contributed by atoms with van der Waals surface area (Å²) in [4.78, 5) is 4.73. The van der Waals surface area contributed by atoms with Gasteiger partial charge in [0.25, 0.3) is 0 Å². The SMILES string of the molecule is OCCC1NCCn2c(-c3csc(-c4ccccc4)n3)nnc21. The first kappa shape index (κ1) is 14.5. The zero-order valence-electron chi connectivity index (χ0n) is 12.5. The molecule has 0 saturated heterocycles. The molecule has 1 aromatic carbocycles. The Bertz CT molecular complexity index is 798. The van der Waals surface area contributed by atoms with Gasteiger partial charge in [0, 0.05) is 30.6 Å². The van der Waals surface area contributed by atoms with Crippen LogP contribution in [0.3, 0.4) is 0 Å². The van der Waals surface area contributed by atoms with Gasteiger partial charge >= 0.3 is 0 Å². The van der Waals surface area contributed by atoms with E-state index in [0.717, 1.165) is 41.0 Å². The maximum Gasteiger partial charge on any atom is 0.183 e. The van der Waals surface area contributed by atoms with Crippen LogP contribution >= 0.6 is 11.3 Å². The Morgan fingerprint density at radius 2 is 2.13 bits per heavy atom. The molecule has 1 aliphatic heterocycles. The number of fused-ring (bicyclic) bond motifs is 1. The molecule has 23 heavy (non-hydrogen) atoms. The van der Waals surface area contributed by atoms with E-state index in [2.05, 4.69) is 32.2 Å². The van der Waals surface area contributed by atoms with E-state index in [-0.39, 0.29) is 12.6 Å². The Hall–Kier alpha value is -2.09. The average molecular weight is 327 g/mol. The molecule has 0 fully saturated rings. The summed E-state index contributed by atoms with van der Waals surface area (Å²) in [5.41, 5.74) is 1.97. The molecule has 2 N–H and O–H groups in total. The highest BCUT2D eigenvalue weighted by atomic mass is 32.1. The molecule has 4 rings (SSSR count). The molecule has 0 bridgehead atoms. The topological polar surface area (TPSA) is 75.9 Å². The minimum Gasteiger partial charge on any atom is -0.396 e. The van der Waals surface area contributed by atoms with E-state index < -0.39 is 0 Å². The van der Waals surface area contributed by atoms with Gasteiger partial charge in [-0.3, -0.25) is 0 Å². The van der Waals surface area contributed by atoms with Crippen LogP contribution < -0.4 is 5.32 Å². The Labute approximate surface area is 137 Å². The fourth-order valence-corrected chi connectivity index (χ4v) is 3.68. The number of hydrogen-bond acceptors (Lipinski definition) is 6. The first-order valence-corrected chi connectivity index (χ1v) is 8.53. The van der Waals surface area contributed by atoms with E-state index in [9.17, 15) is 5.11 Å². The van der Waals surface area contributed by atoms with Crippen LogP contribution in [0, 0.1) is 0 Å². The fourth-order valence-electron chi connectivity index (χ4n) is 2.87. The van der Waals surface area contributed by atoms with Crippen molar-refractivity contribution >= 4 is 11.3 Å². The summed E-state index contributed by atoms with van der Waals surface area (Å²) in [6.45, 7) is 1.80. The second-order valence-electron chi connectivity index (χ2n) is 5.46. The zero-order chi connectivity index (χ0) is 15.6. The second kappa shape index (κ2) is 6.19. The second-order valence-corrected chi connectivity index (χ2v) is 6.31. The quantitative estimate of drug-likeness (QED) is 0.767. The fraction of sp³-hybridized carbons (Fsp3) is 0.312. The minimum absolute atomic E-state index is 0.0576. The van der Waals surface area contributed by atoms with Gasteiger partial charge in [0.1, 0.15) is 10.7 Å². The van der Waals surface area contributed by atoms with E-state index >= 15 is 0 Å². The molecule has 0 aliphatic carbocycles. The zero-order valence-corrected chi connectivity index (χ0v) is 13.3.